The fourth-order valence-corrected chi connectivity index (χ4v) is 0.906. The number of rotatable bonds is 5. The van der Waals surface area contributed by atoms with E-state index in [-0.39, 0.29) is 29.6 Å². The molecule has 0 aromatic heterocycles. The van der Waals surface area contributed by atoms with E-state index in [4.69, 9.17) is 9.84 Å². The molecule has 1 N–H and O–H groups in total. The van der Waals surface area contributed by atoms with Gasteiger partial charge in [0.1, 0.15) is 6.54 Å². The maximum Gasteiger partial charge on any atom is 0.361 e. The molecule has 0 saturated heterocycles. The van der Waals surface area contributed by atoms with Crippen LogP contribution in [0.15, 0.2) is 0 Å². The third-order valence-corrected chi connectivity index (χ3v) is 1.57. The maximum atomic E-state index is 11.0. The van der Waals surface area contributed by atoms with E-state index in [1.807, 2.05) is 14.1 Å². The Morgan fingerprint density at radius 3 is 2.38 bits per heavy atom. The highest BCUT2D eigenvalue weighted by atomic mass is 79.9. The molecule has 0 spiro atoms. The molecule has 0 aromatic rings. The van der Waals surface area contributed by atoms with Crippen LogP contribution >= 0.6 is 0 Å². The zero-order valence-corrected chi connectivity index (χ0v) is 10.0. The molecular formula is C8H18BrNO3. The zero-order chi connectivity index (χ0) is 9.61. The molecule has 0 aliphatic heterocycles. The number of halogens is 1. The van der Waals surface area contributed by atoms with Gasteiger partial charge in [-0.05, 0) is 6.92 Å². The van der Waals surface area contributed by atoms with Crippen molar-refractivity contribution in [2.75, 3.05) is 40.4 Å². The monoisotopic (exact) mass is 255 g/mol. The van der Waals surface area contributed by atoms with Crippen LogP contribution in [-0.2, 0) is 9.53 Å². The lowest BCUT2D eigenvalue weighted by atomic mass is 10.4. The smallest absolute Gasteiger partial charge is 0.361 e. The molecule has 0 aliphatic carbocycles. The summed E-state index contributed by atoms with van der Waals surface area (Å²) in [5.41, 5.74) is 0. The predicted molar refractivity (Wildman–Crippen MR) is 45.6 cm³/mol. The zero-order valence-electron chi connectivity index (χ0n) is 8.42. The summed E-state index contributed by atoms with van der Waals surface area (Å²) in [6.07, 6.45) is 0. The van der Waals surface area contributed by atoms with Crippen molar-refractivity contribution < 1.29 is 36.1 Å². The van der Waals surface area contributed by atoms with Gasteiger partial charge in [-0.1, -0.05) is 0 Å². The molecule has 4 nitrogen and oxygen atoms in total. The summed E-state index contributed by atoms with van der Waals surface area (Å²) in [6, 6.07) is 0. The highest BCUT2D eigenvalue weighted by molar-refractivity contribution is 5.70. The van der Waals surface area contributed by atoms with Gasteiger partial charge in [-0.25, -0.2) is 4.79 Å². The lowest BCUT2D eigenvalue weighted by molar-refractivity contribution is -0.883. The van der Waals surface area contributed by atoms with Gasteiger partial charge in [0, 0.05) is 0 Å². The number of hydrogen-bond acceptors (Lipinski definition) is 3. The van der Waals surface area contributed by atoms with Gasteiger partial charge in [0.25, 0.3) is 0 Å². The Kier molecular flexibility index (Phi) is 8.61. The lowest BCUT2D eigenvalue weighted by Gasteiger charge is -2.27. The number of likely N-dealkylation sites (N-methyl/N-ethyl adjacent to an activating group) is 1. The van der Waals surface area contributed by atoms with Crippen molar-refractivity contribution in [1.82, 2.24) is 0 Å². The van der Waals surface area contributed by atoms with Crippen LogP contribution in [0.3, 0.4) is 0 Å². The molecule has 0 radical (unpaired) electrons. The number of aliphatic hydroxyl groups is 1. The fourth-order valence-electron chi connectivity index (χ4n) is 0.906. The Bertz CT molecular complexity index is 150. The highest BCUT2D eigenvalue weighted by Gasteiger charge is 2.19. The van der Waals surface area contributed by atoms with Crippen molar-refractivity contribution in [3.8, 4) is 0 Å². The van der Waals surface area contributed by atoms with Crippen molar-refractivity contribution in [2.24, 2.45) is 0 Å². The second kappa shape index (κ2) is 7.29. The Morgan fingerprint density at radius 1 is 1.46 bits per heavy atom. The predicted octanol–water partition coefficient (Wildman–Crippen LogP) is -3.38. The van der Waals surface area contributed by atoms with Gasteiger partial charge in [-0.15, -0.1) is 0 Å². The second-order valence-electron chi connectivity index (χ2n) is 3.35. The van der Waals surface area contributed by atoms with E-state index >= 15 is 0 Å². The average Bonchev–Trinajstić information content (AvgIpc) is 1.85. The van der Waals surface area contributed by atoms with Gasteiger partial charge in [-0.3, -0.25) is 0 Å². The van der Waals surface area contributed by atoms with Crippen LogP contribution in [0.1, 0.15) is 6.92 Å². The largest absolute Gasteiger partial charge is 1.00 e. The molecule has 0 fully saturated rings. The van der Waals surface area contributed by atoms with Gasteiger partial charge in [0.15, 0.2) is 6.54 Å². The molecule has 0 heterocycles. The quantitative estimate of drug-likeness (QED) is 0.412. The normalized spacial score (nSPS) is 10.5. The first-order valence-electron chi connectivity index (χ1n) is 4.10. The lowest BCUT2D eigenvalue weighted by Crippen LogP contribution is -3.00. The van der Waals surface area contributed by atoms with Crippen LogP contribution in [-0.4, -0.2) is 56.0 Å². The third-order valence-electron chi connectivity index (χ3n) is 1.57. The van der Waals surface area contributed by atoms with Crippen LogP contribution in [0.4, 0.5) is 0 Å². The minimum absolute atomic E-state index is 0. The molecule has 0 aromatic carbocycles. The van der Waals surface area contributed by atoms with E-state index in [1.165, 1.54) is 0 Å². The minimum atomic E-state index is -0.212. The summed E-state index contributed by atoms with van der Waals surface area (Å²) in [6.45, 7) is 3.17. The Morgan fingerprint density at radius 2 is 2.00 bits per heavy atom. The van der Waals surface area contributed by atoms with Gasteiger partial charge >= 0.3 is 5.97 Å². The van der Waals surface area contributed by atoms with Crippen molar-refractivity contribution in [3.05, 3.63) is 0 Å². The topological polar surface area (TPSA) is 46.5 Å². The summed E-state index contributed by atoms with van der Waals surface area (Å²) in [5, 5.41) is 8.68. The van der Waals surface area contributed by atoms with Crippen LogP contribution in [0.25, 0.3) is 0 Å². The van der Waals surface area contributed by atoms with Crippen molar-refractivity contribution in [2.45, 2.75) is 6.92 Å². The molecular weight excluding hydrogens is 238 g/mol. The van der Waals surface area contributed by atoms with Gasteiger partial charge in [0.05, 0.1) is 27.3 Å². The molecule has 0 aliphatic rings. The standard InChI is InChI=1S/C8H18NO3.BrH/c1-4-12-8(11)7-9(2,3)5-6-10;/h10H,4-7H2,1-3H3;1H/q+1;/p-1. The molecule has 5 heteroatoms. The molecule has 80 valence electrons. The van der Waals surface area contributed by atoms with E-state index in [1.54, 1.807) is 6.92 Å². The van der Waals surface area contributed by atoms with Crippen LogP contribution in [0.5, 0.6) is 0 Å². The number of aliphatic hydroxyl groups excluding tert-OH is 1. The molecule has 13 heavy (non-hydrogen) atoms. The van der Waals surface area contributed by atoms with Crippen molar-refractivity contribution >= 4 is 5.97 Å². The molecule has 0 bridgehead atoms. The Labute approximate surface area is 89.8 Å². The number of quaternary nitrogens is 1. The minimum Gasteiger partial charge on any atom is -1.00 e. The summed E-state index contributed by atoms with van der Waals surface area (Å²) < 4.78 is 5.26. The molecule has 0 saturated carbocycles. The first-order chi connectivity index (χ1) is 5.52. The molecule has 0 unspecified atom stereocenters. The van der Waals surface area contributed by atoms with E-state index in [9.17, 15) is 4.79 Å². The summed E-state index contributed by atoms with van der Waals surface area (Å²) in [4.78, 5) is 11.0. The number of carbonyl (C=O) groups excluding carboxylic acids is 1. The average molecular weight is 256 g/mol. The molecule has 0 amide bonds. The highest BCUT2D eigenvalue weighted by Crippen LogP contribution is 1.96. The molecule has 0 atom stereocenters. The number of hydrogen-bond donors (Lipinski definition) is 1. The van der Waals surface area contributed by atoms with E-state index in [0.717, 1.165) is 0 Å². The van der Waals surface area contributed by atoms with Gasteiger partial charge in [0.2, 0.25) is 0 Å². The van der Waals surface area contributed by atoms with Crippen LogP contribution in [0.2, 0.25) is 0 Å². The third kappa shape index (κ3) is 8.21. The van der Waals surface area contributed by atoms with E-state index < -0.39 is 0 Å². The first-order valence-corrected chi connectivity index (χ1v) is 4.10. The summed E-state index contributed by atoms with van der Waals surface area (Å²) in [5.74, 6) is -0.212. The van der Waals surface area contributed by atoms with Crippen LogP contribution < -0.4 is 17.0 Å². The number of esters is 1. The number of carbonyl (C=O) groups is 1. The first kappa shape index (κ1) is 15.3. The van der Waals surface area contributed by atoms with Crippen molar-refractivity contribution in [3.63, 3.8) is 0 Å². The Balaban J connectivity index is 0. The number of nitrogens with zero attached hydrogens (tertiary/aromatic N) is 1. The van der Waals surface area contributed by atoms with Crippen molar-refractivity contribution in [1.29, 1.82) is 0 Å². The Hall–Kier alpha value is -0.130. The fraction of sp³-hybridized carbons (Fsp3) is 0.875. The second-order valence-corrected chi connectivity index (χ2v) is 3.35. The maximum absolute atomic E-state index is 11.0. The van der Waals surface area contributed by atoms with E-state index in [2.05, 4.69) is 0 Å². The SMILES string of the molecule is CCOC(=O)C[N+](C)(C)CCO.[Br-]. The summed E-state index contributed by atoms with van der Waals surface area (Å²) in [7, 11) is 3.76. The van der Waals surface area contributed by atoms with Gasteiger partial charge in [-0.2, -0.15) is 0 Å². The van der Waals surface area contributed by atoms with E-state index in [0.29, 0.717) is 24.2 Å². The van der Waals surface area contributed by atoms with Crippen LogP contribution in [0, 0.1) is 0 Å². The molecule has 0 rings (SSSR count). The number of ether oxygens (including phenoxy) is 1. The van der Waals surface area contributed by atoms with Gasteiger partial charge < -0.3 is 31.3 Å². The summed E-state index contributed by atoms with van der Waals surface area (Å²) >= 11 is 0.